The molecule has 2 N–H and O–H groups in total. The SMILES string of the molecule is CC(C)c1c(N)nnn1-c1c(Cl)cc(F)cc1Br. The molecule has 0 radical (unpaired) electrons. The molecule has 0 unspecified atom stereocenters. The predicted octanol–water partition coefficient (Wildman–Crippen LogP) is 3.53. The van der Waals surface area contributed by atoms with Crippen LogP contribution in [0.2, 0.25) is 5.02 Å². The summed E-state index contributed by atoms with van der Waals surface area (Å²) in [6.07, 6.45) is 0. The van der Waals surface area contributed by atoms with Gasteiger partial charge in [-0.15, -0.1) is 5.10 Å². The average molecular weight is 334 g/mol. The summed E-state index contributed by atoms with van der Waals surface area (Å²) in [7, 11) is 0. The molecule has 0 atom stereocenters. The zero-order valence-electron chi connectivity index (χ0n) is 9.78. The van der Waals surface area contributed by atoms with Gasteiger partial charge in [0, 0.05) is 4.47 Å². The van der Waals surface area contributed by atoms with Crippen molar-refractivity contribution in [2.24, 2.45) is 0 Å². The van der Waals surface area contributed by atoms with Crippen molar-refractivity contribution < 1.29 is 4.39 Å². The summed E-state index contributed by atoms with van der Waals surface area (Å²) >= 11 is 9.33. The Morgan fingerprint density at radius 3 is 2.67 bits per heavy atom. The quantitative estimate of drug-likeness (QED) is 0.914. The minimum absolute atomic E-state index is 0.119. The lowest BCUT2D eigenvalue weighted by Gasteiger charge is -2.12. The van der Waals surface area contributed by atoms with Crippen molar-refractivity contribution in [1.29, 1.82) is 0 Å². The zero-order valence-corrected chi connectivity index (χ0v) is 12.1. The fourth-order valence-electron chi connectivity index (χ4n) is 1.74. The van der Waals surface area contributed by atoms with E-state index >= 15 is 0 Å². The smallest absolute Gasteiger partial charge is 0.169 e. The van der Waals surface area contributed by atoms with Crippen molar-refractivity contribution >= 4 is 33.3 Å². The second-order valence-electron chi connectivity index (χ2n) is 4.14. The average Bonchev–Trinajstić information content (AvgIpc) is 2.58. The van der Waals surface area contributed by atoms with Crippen LogP contribution in [0.5, 0.6) is 0 Å². The lowest BCUT2D eigenvalue weighted by Crippen LogP contribution is -2.07. The van der Waals surface area contributed by atoms with Crippen LogP contribution in [-0.2, 0) is 0 Å². The van der Waals surface area contributed by atoms with E-state index in [1.54, 1.807) is 0 Å². The number of anilines is 1. The van der Waals surface area contributed by atoms with Crippen LogP contribution in [0, 0.1) is 5.82 Å². The van der Waals surface area contributed by atoms with Crippen molar-refractivity contribution in [3.63, 3.8) is 0 Å². The van der Waals surface area contributed by atoms with E-state index in [-0.39, 0.29) is 10.9 Å². The standard InChI is InChI=1S/C11H11BrClFN4/c1-5(2)9-11(15)16-17-18(9)10-7(12)3-6(14)4-8(10)13/h3-5H,15H2,1-2H3. The molecule has 7 heteroatoms. The molecule has 0 saturated heterocycles. The van der Waals surface area contributed by atoms with E-state index in [0.717, 1.165) is 5.69 Å². The van der Waals surface area contributed by atoms with E-state index in [2.05, 4.69) is 26.2 Å². The summed E-state index contributed by atoms with van der Waals surface area (Å²) < 4.78 is 15.2. The molecule has 0 saturated carbocycles. The summed E-state index contributed by atoms with van der Waals surface area (Å²) in [5.41, 5.74) is 7.06. The third kappa shape index (κ3) is 2.22. The molecule has 0 aliphatic heterocycles. The Morgan fingerprint density at radius 1 is 1.44 bits per heavy atom. The Hall–Kier alpha value is -1.14. The summed E-state index contributed by atoms with van der Waals surface area (Å²) in [6, 6.07) is 2.55. The van der Waals surface area contributed by atoms with Gasteiger partial charge in [-0.05, 0) is 34.0 Å². The zero-order chi connectivity index (χ0) is 13.4. The molecule has 0 bridgehead atoms. The lowest BCUT2D eigenvalue weighted by molar-refractivity contribution is 0.625. The highest BCUT2D eigenvalue weighted by Gasteiger charge is 2.19. The highest BCUT2D eigenvalue weighted by Crippen LogP contribution is 2.33. The molecule has 0 spiro atoms. The third-order valence-corrected chi connectivity index (χ3v) is 3.37. The number of halogens is 3. The van der Waals surface area contributed by atoms with Crippen LogP contribution >= 0.6 is 27.5 Å². The van der Waals surface area contributed by atoms with E-state index in [0.29, 0.717) is 16.0 Å². The number of nitrogen functional groups attached to an aromatic ring is 1. The first-order valence-electron chi connectivity index (χ1n) is 5.27. The molecule has 1 aromatic heterocycles. The normalized spacial score (nSPS) is 11.2. The summed E-state index contributed by atoms with van der Waals surface area (Å²) in [5, 5.41) is 8.04. The maximum absolute atomic E-state index is 13.2. The Labute approximate surface area is 117 Å². The van der Waals surface area contributed by atoms with Crippen LogP contribution in [0.1, 0.15) is 25.5 Å². The summed E-state index contributed by atoms with van der Waals surface area (Å²) in [6.45, 7) is 3.94. The van der Waals surface area contributed by atoms with Crippen molar-refractivity contribution in [2.75, 3.05) is 5.73 Å². The van der Waals surface area contributed by atoms with E-state index in [9.17, 15) is 4.39 Å². The first-order valence-corrected chi connectivity index (χ1v) is 6.45. The molecular formula is C11H11BrClFN4. The molecule has 4 nitrogen and oxygen atoms in total. The Morgan fingerprint density at radius 2 is 2.11 bits per heavy atom. The van der Waals surface area contributed by atoms with Crippen LogP contribution in [-0.4, -0.2) is 15.0 Å². The molecule has 2 aromatic rings. The van der Waals surface area contributed by atoms with Crippen molar-refractivity contribution in [1.82, 2.24) is 15.0 Å². The van der Waals surface area contributed by atoms with Gasteiger partial charge in [0.2, 0.25) is 0 Å². The van der Waals surface area contributed by atoms with Gasteiger partial charge in [-0.2, -0.15) is 0 Å². The van der Waals surface area contributed by atoms with Crippen molar-refractivity contribution in [2.45, 2.75) is 19.8 Å². The number of rotatable bonds is 2. The van der Waals surface area contributed by atoms with Crippen molar-refractivity contribution in [3.05, 3.63) is 33.1 Å². The molecule has 96 valence electrons. The molecular weight excluding hydrogens is 323 g/mol. The van der Waals surface area contributed by atoms with Gasteiger partial charge in [0.15, 0.2) is 5.82 Å². The second kappa shape index (κ2) is 4.85. The minimum Gasteiger partial charge on any atom is -0.381 e. The molecule has 18 heavy (non-hydrogen) atoms. The number of nitrogens with two attached hydrogens (primary N) is 1. The van der Waals surface area contributed by atoms with E-state index in [1.165, 1.54) is 16.8 Å². The summed E-state index contributed by atoms with van der Waals surface area (Å²) in [5.74, 6) is 0.0418. The maximum Gasteiger partial charge on any atom is 0.169 e. The Bertz CT molecular complexity index is 574. The monoisotopic (exact) mass is 332 g/mol. The van der Waals surface area contributed by atoms with Crippen LogP contribution < -0.4 is 5.73 Å². The van der Waals surface area contributed by atoms with Gasteiger partial charge in [-0.1, -0.05) is 30.7 Å². The second-order valence-corrected chi connectivity index (χ2v) is 5.41. The van der Waals surface area contributed by atoms with E-state index in [4.69, 9.17) is 17.3 Å². The van der Waals surface area contributed by atoms with Gasteiger partial charge in [-0.25, -0.2) is 9.07 Å². The number of benzene rings is 1. The third-order valence-electron chi connectivity index (χ3n) is 2.47. The van der Waals surface area contributed by atoms with Crippen LogP contribution in [0.25, 0.3) is 5.69 Å². The van der Waals surface area contributed by atoms with Gasteiger partial charge in [-0.3, -0.25) is 0 Å². The first kappa shape index (κ1) is 13.3. The lowest BCUT2D eigenvalue weighted by atomic mass is 10.1. The van der Waals surface area contributed by atoms with Gasteiger partial charge in [0.25, 0.3) is 0 Å². The highest BCUT2D eigenvalue weighted by molar-refractivity contribution is 9.10. The first-order chi connectivity index (χ1) is 8.41. The van der Waals surface area contributed by atoms with Gasteiger partial charge < -0.3 is 5.73 Å². The van der Waals surface area contributed by atoms with Gasteiger partial charge >= 0.3 is 0 Å². The molecule has 0 fully saturated rings. The molecule has 0 amide bonds. The topological polar surface area (TPSA) is 56.7 Å². The maximum atomic E-state index is 13.2. The molecule has 2 rings (SSSR count). The highest BCUT2D eigenvalue weighted by atomic mass is 79.9. The fourth-order valence-corrected chi connectivity index (χ4v) is 2.74. The fraction of sp³-hybridized carbons (Fsp3) is 0.273. The van der Waals surface area contributed by atoms with E-state index < -0.39 is 5.82 Å². The van der Waals surface area contributed by atoms with Crippen LogP contribution in [0.15, 0.2) is 16.6 Å². The number of aromatic nitrogens is 3. The van der Waals surface area contributed by atoms with Crippen molar-refractivity contribution in [3.8, 4) is 5.69 Å². The van der Waals surface area contributed by atoms with Crippen LogP contribution in [0.3, 0.4) is 0 Å². The molecule has 1 aromatic carbocycles. The number of nitrogens with zero attached hydrogens (tertiary/aromatic N) is 3. The molecule has 1 heterocycles. The largest absolute Gasteiger partial charge is 0.381 e. The predicted molar refractivity (Wildman–Crippen MR) is 72.5 cm³/mol. The molecule has 0 aliphatic carbocycles. The Balaban J connectivity index is 2.70. The molecule has 0 aliphatic rings. The van der Waals surface area contributed by atoms with Gasteiger partial charge in [0.1, 0.15) is 5.82 Å². The number of hydrogen-bond acceptors (Lipinski definition) is 3. The van der Waals surface area contributed by atoms with E-state index in [1.807, 2.05) is 13.8 Å². The number of hydrogen-bond donors (Lipinski definition) is 1. The summed E-state index contributed by atoms with van der Waals surface area (Å²) in [4.78, 5) is 0. The Kier molecular flexibility index (Phi) is 3.59. The van der Waals surface area contributed by atoms with Crippen LogP contribution in [0.4, 0.5) is 10.2 Å². The minimum atomic E-state index is -0.421. The van der Waals surface area contributed by atoms with Gasteiger partial charge in [0.05, 0.1) is 16.4 Å².